The molecule has 0 saturated carbocycles. The third kappa shape index (κ3) is 7.06. The van der Waals surface area contributed by atoms with Crippen LogP contribution in [0.3, 0.4) is 0 Å². The van der Waals surface area contributed by atoms with Crippen LogP contribution in [0.25, 0.3) is 17.1 Å². The van der Waals surface area contributed by atoms with E-state index in [2.05, 4.69) is 25.8 Å². The van der Waals surface area contributed by atoms with Crippen LogP contribution in [0.4, 0.5) is 22.0 Å². The zero-order chi connectivity index (χ0) is 32.7. The molecule has 5 rings (SSSR count). The maximum atomic E-state index is 13.5. The molecule has 3 heterocycles. The van der Waals surface area contributed by atoms with Crippen LogP contribution < -0.4 is 16.3 Å². The molecular weight excluding hydrogens is 654 g/mol. The summed E-state index contributed by atoms with van der Waals surface area (Å²) < 4.78 is 69.0. The van der Waals surface area contributed by atoms with E-state index in [-0.39, 0.29) is 33.5 Å². The molecule has 0 radical (unpaired) electrons. The molecular formula is C26H21Cl2F5N8O4. The standard InChI is InChI=1S/C26H21Cl2F5N8O4/c27-14-6-4-13(5-7-14)21-38-40(24(45)39(21)9-18(42)26(31,32)33)10-19-35-12-41(37-19)20-15(2-1-3-16(20)28)22(43)36-23(44)17-8-25(29,30)11-34-17/h1-7,12,17-18,34,42H,8-11H2,(H,36,43,44)/t17-,18-/m1/s1. The number of para-hydroxylation sites is 1. The summed E-state index contributed by atoms with van der Waals surface area (Å²) in [6.45, 7) is -2.31. The second-order valence-electron chi connectivity index (χ2n) is 9.99. The highest BCUT2D eigenvalue weighted by atomic mass is 35.5. The maximum Gasteiger partial charge on any atom is 0.416 e. The smallest absolute Gasteiger partial charge is 0.382 e. The lowest BCUT2D eigenvalue weighted by atomic mass is 10.1. The molecule has 12 nitrogen and oxygen atoms in total. The first-order chi connectivity index (χ1) is 21.1. The van der Waals surface area contributed by atoms with Gasteiger partial charge in [-0.3, -0.25) is 24.8 Å². The zero-order valence-corrected chi connectivity index (χ0v) is 24.1. The molecule has 0 bridgehead atoms. The number of carbonyl (C=O) groups excluding carboxylic acids is 2. The molecule has 45 heavy (non-hydrogen) atoms. The van der Waals surface area contributed by atoms with Crippen molar-refractivity contribution in [1.82, 2.24) is 39.7 Å². The van der Waals surface area contributed by atoms with Crippen molar-refractivity contribution in [3.63, 3.8) is 0 Å². The van der Waals surface area contributed by atoms with Gasteiger partial charge in [0.05, 0.1) is 35.4 Å². The molecule has 2 amide bonds. The minimum atomic E-state index is -5.01. The van der Waals surface area contributed by atoms with Crippen molar-refractivity contribution >= 4 is 35.0 Å². The Morgan fingerprint density at radius 2 is 1.84 bits per heavy atom. The highest BCUT2D eigenvalue weighted by Gasteiger charge is 2.43. The van der Waals surface area contributed by atoms with Crippen molar-refractivity contribution in [2.75, 3.05) is 6.54 Å². The van der Waals surface area contributed by atoms with Gasteiger partial charge in [0.25, 0.3) is 11.8 Å². The molecule has 0 aliphatic carbocycles. The highest BCUT2D eigenvalue weighted by molar-refractivity contribution is 6.33. The quantitative estimate of drug-likeness (QED) is 0.191. The van der Waals surface area contributed by atoms with Gasteiger partial charge in [0.1, 0.15) is 12.9 Å². The van der Waals surface area contributed by atoms with Gasteiger partial charge < -0.3 is 5.11 Å². The number of amides is 2. The normalized spacial score (nSPS) is 16.9. The first kappa shape index (κ1) is 32.2. The Bertz CT molecular complexity index is 1810. The van der Waals surface area contributed by atoms with Crippen molar-refractivity contribution in [2.45, 2.75) is 43.8 Å². The number of aliphatic hydroxyl groups is 1. The number of imide groups is 1. The Morgan fingerprint density at radius 1 is 1.13 bits per heavy atom. The Labute approximate surface area is 259 Å². The van der Waals surface area contributed by atoms with Gasteiger partial charge in [0.2, 0.25) is 5.91 Å². The number of nitrogens with zero attached hydrogens (tertiary/aromatic N) is 6. The van der Waals surface area contributed by atoms with E-state index < -0.39 is 67.8 Å². The van der Waals surface area contributed by atoms with Crippen LogP contribution in [0.2, 0.25) is 10.0 Å². The lowest BCUT2D eigenvalue weighted by Crippen LogP contribution is -2.43. The zero-order valence-electron chi connectivity index (χ0n) is 22.6. The first-order valence-electron chi connectivity index (χ1n) is 13.0. The molecule has 1 aliphatic rings. The number of benzene rings is 2. The summed E-state index contributed by atoms with van der Waals surface area (Å²) in [5.74, 6) is -5.31. The van der Waals surface area contributed by atoms with E-state index in [4.69, 9.17) is 23.2 Å². The van der Waals surface area contributed by atoms with E-state index in [1.165, 1.54) is 42.5 Å². The summed E-state index contributed by atoms with van der Waals surface area (Å²) >= 11 is 12.2. The summed E-state index contributed by atoms with van der Waals surface area (Å²) in [6.07, 6.45) is -7.54. The minimum Gasteiger partial charge on any atom is -0.382 e. The first-order valence-corrected chi connectivity index (χ1v) is 13.7. The molecule has 2 atom stereocenters. The fourth-order valence-corrected chi connectivity index (χ4v) is 4.89. The molecule has 2 aromatic carbocycles. The van der Waals surface area contributed by atoms with Gasteiger partial charge >= 0.3 is 11.9 Å². The van der Waals surface area contributed by atoms with Crippen LogP contribution in [-0.2, 0) is 17.9 Å². The van der Waals surface area contributed by atoms with Crippen molar-refractivity contribution < 1.29 is 36.6 Å². The summed E-state index contributed by atoms with van der Waals surface area (Å²) in [5.41, 5.74) is -0.978. The molecule has 1 aliphatic heterocycles. The van der Waals surface area contributed by atoms with Crippen molar-refractivity contribution in [3.8, 4) is 17.1 Å². The van der Waals surface area contributed by atoms with Crippen molar-refractivity contribution in [3.05, 3.63) is 80.7 Å². The van der Waals surface area contributed by atoms with Gasteiger partial charge in [-0.1, -0.05) is 29.3 Å². The van der Waals surface area contributed by atoms with Crippen molar-refractivity contribution in [2.24, 2.45) is 0 Å². The predicted molar refractivity (Wildman–Crippen MR) is 148 cm³/mol. The highest BCUT2D eigenvalue weighted by Crippen LogP contribution is 2.27. The van der Waals surface area contributed by atoms with E-state index in [1.807, 2.05) is 0 Å². The summed E-state index contributed by atoms with van der Waals surface area (Å²) in [4.78, 5) is 42.7. The van der Waals surface area contributed by atoms with Gasteiger partial charge in [-0.25, -0.2) is 27.9 Å². The third-order valence-electron chi connectivity index (χ3n) is 6.71. The number of rotatable bonds is 8. The molecule has 0 unspecified atom stereocenters. The van der Waals surface area contributed by atoms with E-state index in [0.29, 0.717) is 9.59 Å². The van der Waals surface area contributed by atoms with Crippen LogP contribution in [-0.4, -0.2) is 76.8 Å². The van der Waals surface area contributed by atoms with Gasteiger partial charge in [0.15, 0.2) is 17.8 Å². The summed E-state index contributed by atoms with van der Waals surface area (Å²) in [6, 6.07) is 8.58. The van der Waals surface area contributed by atoms with Crippen molar-refractivity contribution in [1.29, 1.82) is 0 Å². The van der Waals surface area contributed by atoms with Gasteiger partial charge in [0, 0.05) is 17.0 Å². The molecule has 1 saturated heterocycles. The van der Waals surface area contributed by atoms with Crippen LogP contribution in [0.15, 0.2) is 53.6 Å². The molecule has 19 heteroatoms. The molecule has 4 aromatic rings. The Balaban J connectivity index is 1.42. The fourth-order valence-electron chi connectivity index (χ4n) is 4.51. The third-order valence-corrected chi connectivity index (χ3v) is 7.27. The number of alkyl halides is 5. The van der Waals surface area contributed by atoms with Gasteiger partial charge in [-0.15, -0.1) is 10.2 Å². The van der Waals surface area contributed by atoms with Gasteiger partial charge in [-0.2, -0.15) is 13.2 Å². The average molecular weight is 675 g/mol. The molecule has 3 N–H and O–H groups in total. The van der Waals surface area contributed by atoms with E-state index in [1.54, 1.807) is 0 Å². The number of halogens is 7. The Kier molecular flexibility index (Phi) is 8.81. The topological polar surface area (TPSA) is 149 Å². The number of carbonyl (C=O) groups is 2. The number of nitrogens with one attached hydrogen (secondary N) is 2. The second kappa shape index (κ2) is 12.3. The van der Waals surface area contributed by atoms with Crippen LogP contribution in [0.5, 0.6) is 0 Å². The second-order valence-corrected chi connectivity index (χ2v) is 10.8. The molecule has 1 fully saturated rings. The number of hydrogen-bond donors (Lipinski definition) is 3. The van der Waals surface area contributed by atoms with Crippen LogP contribution >= 0.6 is 23.2 Å². The summed E-state index contributed by atoms with van der Waals surface area (Å²) in [5, 5.41) is 22.7. The van der Waals surface area contributed by atoms with Gasteiger partial charge in [-0.05, 0) is 36.4 Å². The van der Waals surface area contributed by atoms with Crippen LogP contribution in [0.1, 0.15) is 22.6 Å². The fraction of sp³-hybridized carbons (Fsp3) is 0.308. The average Bonchev–Trinajstić information content (AvgIpc) is 3.66. The van der Waals surface area contributed by atoms with E-state index in [0.717, 1.165) is 15.7 Å². The number of aliphatic hydroxyl groups excluding tert-OH is 1. The largest absolute Gasteiger partial charge is 0.416 e. The number of aromatic nitrogens is 6. The predicted octanol–water partition coefficient (Wildman–Crippen LogP) is 2.82. The number of hydrogen-bond acceptors (Lipinski definition) is 8. The Hall–Kier alpha value is -4.19. The maximum absolute atomic E-state index is 13.5. The monoisotopic (exact) mass is 674 g/mol. The SMILES string of the molecule is O=C(NC(=O)[C@H]1CC(F)(F)CN1)c1cccc(Cl)c1-n1cnc(Cn2nc(-c3ccc(Cl)cc3)n(C[C@@H](O)C(F)(F)F)c2=O)n1. The minimum absolute atomic E-state index is 0.00955. The Morgan fingerprint density at radius 3 is 2.49 bits per heavy atom. The van der Waals surface area contributed by atoms with E-state index in [9.17, 15) is 41.4 Å². The molecule has 0 spiro atoms. The van der Waals surface area contributed by atoms with Crippen LogP contribution in [0, 0.1) is 0 Å². The molecule has 238 valence electrons. The summed E-state index contributed by atoms with van der Waals surface area (Å²) in [7, 11) is 0. The lowest BCUT2D eigenvalue weighted by molar-refractivity contribution is -0.207. The molecule has 2 aromatic heterocycles. The van der Waals surface area contributed by atoms with E-state index >= 15 is 0 Å². The lowest BCUT2D eigenvalue weighted by Gasteiger charge is -2.15.